The van der Waals surface area contributed by atoms with E-state index in [9.17, 15) is 8.42 Å². The van der Waals surface area contributed by atoms with Crippen molar-refractivity contribution in [2.24, 2.45) is 5.73 Å². The predicted octanol–water partition coefficient (Wildman–Crippen LogP) is 0.699. The van der Waals surface area contributed by atoms with Gasteiger partial charge in [0, 0.05) is 18.3 Å². The van der Waals surface area contributed by atoms with Crippen LogP contribution in [0.3, 0.4) is 0 Å². The molecule has 0 radical (unpaired) electrons. The zero-order valence-electron chi connectivity index (χ0n) is 11.2. The number of nitrogens with two attached hydrogens (primary N) is 1. The van der Waals surface area contributed by atoms with Gasteiger partial charge in [-0.2, -0.15) is 0 Å². The second-order valence-electron chi connectivity index (χ2n) is 4.60. The van der Waals surface area contributed by atoms with Gasteiger partial charge in [-0.05, 0) is 33.2 Å². The monoisotopic (exact) mass is 274 g/mol. The zero-order valence-corrected chi connectivity index (χ0v) is 12.0. The van der Waals surface area contributed by atoms with Gasteiger partial charge in [-0.1, -0.05) is 6.92 Å². The van der Waals surface area contributed by atoms with Crippen molar-refractivity contribution in [3.05, 3.63) is 12.5 Å². The summed E-state index contributed by atoms with van der Waals surface area (Å²) < 4.78 is 28.8. The fraction of sp³-hybridized carbons (Fsp3) is 0.727. The third-order valence-corrected chi connectivity index (χ3v) is 4.63. The molecular weight excluding hydrogens is 252 g/mol. The van der Waals surface area contributed by atoms with Gasteiger partial charge in [0.2, 0.25) is 0 Å². The molecule has 7 heteroatoms. The van der Waals surface area contributed by atoms with Gasteiger partial charge in [-0.3, -0.25) is 0 Å². The second kappa shape index (κ2) is 5.81. The molecule has 18 heavy (non-hydrogen) atoms. The van der Waals surface area contributed by atoms with Crippen LogP contribution in [0, 0.1) is 0 Å². The molecule has 0 aliphatic rings. The van der Waals surface area contributed by atoms with Crippen LogP contribution in [0.5, 0.6) is 0 Å². The van der Waals surface area contributed by atoms with E-state index in [1.165, 1.54) is 12.5 Å². The molecule has 1 aromatic heterocycles. The molecule has 0 saturated heterocycles. The summed E-state index contributed by atoms with van der Waals surface area (Å²) in [6.45, 7) is 6.85. The molecule has 0 aromatic carbocycles. The van der Waals surface area contributed by atoms with Crippen LogP contribution in [0.4, 0.5) is 0 Å². The van der Waals surface area contributed by atoms with Crippen LogP contribution in [-0.4, -0.2) is 30.1 Å². The van der Waals surface area contributed by atoms with Crippen LogP contribution in [0.1, 0.15) is 33.6 Å². The normalized spacial score (nSPS) is 15.6. The Morgan fingerprint density at radius 2 is 2.17 bits per heavy atom. The highest BCUT2D eigenvalue weighted by molar-refractivity contribution is 7.89. The molecule has 1 aromatic rings. The van der Waals surface area contributed by atoms with E-state index in [0.717, 1.165) is 0 Å². The molecule has 1 rings (SSSR count). The summed E-state index contributed by atoms with van der Waals surface area (Å²) in [5.74, 6) is 0. The van der Waals surface area contributed by atoms with Crippen molar-refractivity contribution in [2.45, 2.75) is 50.7 Å². The van der Waals surface area contributed by atoms with E-state index in [2.05, 4.69) is 9.71 Å². The first-order valence-corrected chi connectivity index (χ1v) is 7.61. The molecule has 0 saturated carbocycles. The maximum atomic E-state index is 12.2. The number of hydrogen-bond acceptors (Lipinski definition) is 4. The molecule has 0 aliphatic carbocycles. The van der Waals surface area contributed by atoms with Crippen LogP contribution in [0.15, 0.2) is 17.6 Å². The third kappa shape index (κ3) is 3.54. The first-order valence-electron chi connectivity index (χ1n) is 6.12. The minimum absolute atomic E-state index is 0.0565. The molecule has 104 valence electrons. The minimum Gasteiger partial charge on any atom is -0.336 e. The maximum Gasteiger partial charge on any atom is 0.260 e. The largest absolute Gasteiger partial charge is 0.336 e. The minimum atomic E-state index is -3.58. The number of rotatable bonds is 7. The van der Waals surface area contributed by atoms with Crippen molar-refractivity contribution in [3.63, 3.8) is 0 Å². The SMILES string of the molecule is CCn1cnc(S(=O)(=O)NC(C)(CC)CCN)c1. The van der Waals surface area contributed by atoms with Crippen molar-refractivity contribution in [1.82, 2.24) is 14.3 Å². The fourth-order valence-electron chi connectivity index (χ4n) is 1.65. The van der Waals surface area contributed by atoms with Gasteiger partial charge in [0.25, 0.3) is 10.0 Å². The van der Waals surface area contributed by atoms with Crippen LogP contribution in [-0.2, 0) is 16.6 Å². The lowest BCUT2D eigenvalue weighted by Crippen LogP contribution is -2.46. The Hall–Kier alpha value is -0.920. The summed E-state index contributed by atoms with van der Waals surface area (Å²) in [5.41, 5.74) is 4.99. The van der Waals surface area contributed by atoms with E-state index in [1.54, 1.807) is 4.57 Å². The van der Waals surface area contributed by atoms with E-state index in [0.29, 0.717) is 25.9 Å². The number of imidazole rings is 1. The first-order chi connectivity index (χ1) is 8.37. The number of aryl methyl sites for hydroxylation is 1. The fourth-order valence-corrected chi connectivity index (χ4v) is 3.11. The van der Waals surface area contributed by atoms with Crippen molar-refractivity contribution < 1.29 is 8.42 Å². The summed E-state index contributed by atoms with van der Waals surface area (Å²) in [6, 6.07) is 0. The Morgan fingerprint density at radius 3 is 2.61 bits per heavy atom. The smallest absolute Gasteiger partial charge is 0.260 e. The van der Waals surface area contributed by atoms with Crippen molar-refractivity contribution in [1.29, 1.82) is 0 Å². The molecule has 0 aliphatic heterocycles. The van der Waals surface area contributed by atoms with E-state index in [1.807, 2.05) is 20.8 Å². The summed E-state index contributed by atoms with van der Waals surface area (Å²) in [7, 11) is -3.58. The highest BCUT2D eigenvalue weighted by atomic mass is 32.2. The Balaban J connectivity index is 2.93. The number of nitrogens with one attached hydrogen (secondary N) is 1. The summed E-state index contributed by atoms with van der Waals surface area (Å²) in [5, 5.41) is 0.0565. The average Bonchev–Trinajstić information content (AvgIpc) is 2.78. The lowest BCUT2D eigenvalue weighted by Gasteiger charge is -2.28. The number of aromatic nitrogens is 2. The molecule has 0 bridgehead atoms. The molecule has 0 fully saturated rings. The summed E-state index contributed by atoms with van der Waals surface area (Å²) in [6.07, 6.45) is 4.32. The van der Waals surface area contributed by atoms with Crippen LogP contribution >= 0.6 is 0 Å². The standard InChI is InChI=1S/C11H22N4O2S/c1-4-11(3,6-7-12)14-18(16,17)10-8-15(5-2)9-13-10/h8-9,14H,4-7,12H2,1-3H3. The Morgan fingerprint density at radius 1 is 1.50 bits per heavy atom. The molecule has 6 nitrogen and oxygen atoms in total. The molecular formula is C11H22N4O2S. The lowest BCUT2D eigenvalue weighted by atomic mass is 9.96. The van der Waals surface area contributed by atoms with E-state index in [-0.39, 0.29) is 5.03 Å². The van der Waals surface area contributed by atoms with Gasteiger partial charge in [0.1, 0.15) is 0 Å². The second-order valence-corrected chi connectivity index (χ2v) is 6.23. The van der Waals surface area contributed by atoms with Crippen LogP contribution < -0.4 is 10.5 Å². The van der Waals surface area contributed by atoms with E-state index < -0.39 is 15.6 Å². The van der Waals surface area contributed by atoms with E-state index in [4.69, 9.17) is 5.73 Å². The lowest BCUT2D eigenvalue weighted by molar-refractivity contribution is 0.378. The summed E-state index contributed by atoms with van der Waals surface area (Å²) >= 11 is 0. The van der Waals surface area contributed by atoms with Crippen molar-refractivity contribution in [3.8, 4) is 0 Å². The van der Waals surface area contributed by atoms with Crippen molar-refractivity contribution in [2.75, 3.05) is 6.54 Å². The van der Waals surface area contributed by atoms with Gasteiger partial charge in [-0.15, -0.1) is 0 Å². The Labute approximate surface area is 109 Å². The highest BCUT2D eigenvalue weighted by Crippen LogP contribution is 2.17. The number of hydrogen-bond donors (Lipinski definition) is 2. The molecule has 0 spiro atoms. The van der Waals surface area contributed by atoms with Crippen LogP contribution in [0.2, 0.25) is 0 Å². The predicted molar refractivity (Wildman–Crippen MR) is 70.6 cm³/mol. The van der Waals surface area contributed by atoms with Crippen molar-refractivity contribution >= 4 is 10.0 Å². The quantitative estimate of drug-likeness (QED) is 0.766. The van der Waals surface area contributed by atoms with Gasteiger partial charge < -0.3 is 10.3 Å². The molecule has 1 unspecified atom stereocenters. The zero-order chi connectivity index (χ0) is 13.8. The topological polar surface area (TPSA) is 90.0 Å². The highest BCUT2D eigenvalue weighted by Gasteiger charge is 2.29. The van der Waals surface area contributed by atoms with Gasteiger partial charge in [0.05, 0.1) is 6.33 Å². The van der Waals surface area contributed by atoms with Gasteiger partial charge in [0.15, 0.2) is 5.03 Å². The number of nitrogens with zero attached hydrogens (tertiary/aromatic N) is 2. The summed E-state index contributed by atoms with van der Waals surface area (Å²) in [4.78, 5) is 3.92. The number of sulfonamides is 1. The Bertz CT molecular complexity index is 483. The Kier molecular flexibility index (Phi) is 4.89. The molecule has 1 heterocycles. The molecule has 0 amide bonds. The molecule has 3 N–H and O–H groups in total. The van der Waals surface area contributed by atoms with Gasteiger partial charge in [-0.25, -0.2) is 18.1 Å². The third-order valence-electron chi connectivity index (χ3n) is 3.11. The van der Waals surface area contributed by atoms with Crippen LogP contribution in [0.25, 0.3) is 0 Å². The average molecular weight is 274 g/mol. The molecule has 1 atom stereocenters. The van der Waals surface area contributed by atoms with E-state index >= 15 is 0 Å². The maximum absolute atomic E-state index is 12.2. The first kappa shape index (κ1) is 15.1. The van der Waals surface area contributed by atoms with Gasteiger partial charge >= 0.3 is 0 Å².